The first-order chi connectivity index (χ1) is 21.3. The molecule has 2 aliphatic heterocycles. The number of anilines is 5. The third-order valence-electron chi connectivity index (χ3n) is 11.4. The molecule has 3 heterocycles. The fourth-order valence-corrected chi connectivity index (χ4v) is 9.45. The lowest BCUT2D eigenvalue weighted by atomic mass is 9.52. The summed E-state index contributed by atoms with van der Waals surface area (Å²) in [6.45, 7) is 11.2. The van der Waals surface area contributed by atoms with Gasteiger partial charge in [-0.25, -0.2) is 9.78 Å². The number of aryl methyl sites for hydroxylation is 2. The zero-order valence-electron chi connectivity index (χ0n) is 26.6. The van der Waals surface area contributed by atoms with Crippen molar-refractivity contribution in [2.45, 2.75) is 71.4 Å². The summed E-state index contributed by atoms with van der Waals surface area (Å²) in [7, 11) is 2.18. The Bertz CT molecular complexity index is 1560. The second kappa shape index (κ2) is 10.5. The second-order valence-corrected chi connectivity index (χ2v) is 14.5. The number of aromatic nitrogens is 2. The van der Waals surface area contributed by atoms with Crippen LogP contribution in [-0.4, -0.2) is 59.7 Å². The lowest BCUT2D eigenvalue weighted by Crippen LogP contribution is -2.65. The molecule has 1 N–H and O–H groups in total. The van der Waals surface area contributed by atoms with Crippen LogP contribution in [0.15, 0.2) is 42.6 Å². The molecule has 8 nitrogen and oxygen atoms in total. The highest BCUT2D eigenvalue weighted by Crippen LogP contribution is 2.59. The molecular formula is C36H45N7O. The van der Waals surface area contributed by atoms with E-state index in [0.717, 1.165) is 73.8 Å². The summed E-state index contributed by atoms with van der Waals surface area (Å²) in [5.41, 5.74) is 7.62. The van der Waals surface area contributed by atoms with Crippen molar-refractivity contribution in [1.29, 1.82) is 0 Å². The van der Waals surface area contributed by atoms with E-state index in [0.29, 0.717) is 30.2 Å². The van der Waals surface area contributed by atoms with Gasteiger partial charge < -0.3 is 15.1 Å². The van der Waals surface area contributed by atoms with Crippen LogP contribution in [0.5, 0.6) is 0 Å². The molecule has 6 aliphatic rings. The molecule has 0 radical (unpaired) electrons. The number of benzene rings is 2. The fraction of sp³-hybridized carbons (Fsp3) is 0.528. The fourth-order valence-electron chi connectivity index (χ4n) is 9.45. The van der Waals surface area contributed by atoms with Gasteiger partial charge in [0.15, 0.2) is 0 Å². The van der Waals surface area contributed by atoms with E-state index < -0.39 is 0 Å². The maximum Gasteiger partial charge on any atom is 0.331 e. The highest BCUT2D eigenvalue weighted by atomic mass is 16.2. The van der Waals surface area contributed by atoms with E-state index in [1.54, 1.807) is 0 Å². The molecule has 5 fully saturated rings. The van der Waals surface area contributed by atoms with E-state index in [9.17, 15) is 4.79 Å². The van der Waals surface area contributed by atoms with Gasteiger partial charge in [-0.15, -0.1) is 0 Å². The number of hydrogen-bond acceptors (Lipinski definition) is 6. The Morgan fingerprint density at radius 2 is 1.48 bits per heavy atom. The summed E-state index contributed by atoms with van der Waals surface area (Å²) in [6, 6.07) is 13.0. The second-order valence-electron chi connectivity index (χ2n) is 14.5. The van der Waals surface area contributed by atoms with Crippen molar-refractivity contribution >= 4 is 34.9 Å². The Morgan fingerprint density at radius 1 is 0.841 bits per heavy atom. The van der Waals surface area contributed by atoms with Crippen molar-refractivity contribution in [3.63, 3.8) is 0 Å². The van der Waals surface area contributed by atoms with E-state index in [4.69, 9.17) is 9.97 Å². The summed E-state index contributed by atoms with van der Waals surface area (Å²) in [5, 5.41) is 3.47. The lowest BCUT2D eigenvalue weighted by Gasteiger charge is -2.61. The number of piperazine rings is 1. The molecule has 1 saturated heterocycles. The molecule has 4 aliphatic carbocycles. The van der Waals surface area contributed by atoms with Crippen LogP contribution in [0.1, 0.15) is 60.8 Å². The minimum absolute atomic E-state index is 0.0810. The zero-order valence-corrected chi connectivity index (χ0v) is 26.6. The Morgan fingerprint density at radius 3 is 2.14 bits per heavy atom. The van der Waals surface area contributed by atoms with Crippen LogP contribution in [0.4, 0.5) is 33.6 Å². The topological polar surface area (TPSA) is 67.8 Å². The zero-order chi connectivity index (χ0) is 30.2. The van der Waals surface area contributed by atoms with Crippen LogP contribution in [0, 0.1) is 38.5 Å². The molecule has 1 aromatic heterocycles. The molecular weight excluding hydrogens is 546 g/mol. The lowest BCUT2D eigenvalue weighted by molar-refractivity contribution is -0.000909. The Labute approximate surface area is 261 Å². The van der Waals surface area contributed by atoms with Gasteiger partial charge in [0.25, 0.3) is 0 Å². The van der Waals surface area contributed by atoms with E-state index in [1.807, 2.05) is 11.1 Å². The number of carbonyl (C=O) groups excluding carboxylic acids is 1. The Balaban J connectivity index is 1.15. The monoisotopic (exact) mass is 591 g/mol. The molecule has 44 heavy (non-hydrogen) atoms. The summed E-state index contributed by atoms with van der Waals surface area (Å²) in [5.74, 6) is 3.51. The highest BCUT2D eigenvalue weighted by molar-refractivity contribution is 6.07. The van der Waals surface area contributed by atoms with Crippen LogP contribution < -0.4 is 20.0 Å². The molecule has 230 valence electrons. The van der Waals surface area contributed by atoms with E-state index >= 15 is 0 Å². The van der Waals surface area contributed by atoms with Gasteiger partial charge in [-0.2, -0.15) is 4.98 Å². The molecule has 2 amide bonds. The first-order valence-electron chi connectivity index (χ1n) is 16.6. The van der Waals surface area contributed by atoms with Gasteiger partial charge in [0.2, 0.25) is 5.95 Å². The van der Waals surface area contributed by atoms with Gasteiger partial charge in [0, 0.05) is 49.3 Å². The van der Waals surface area contributed by atoms with Gasteiger partial charge in [-0.1, -0.05) is 12.1 Å². The average molecular weight is 592 g/mol. The van der Waals surface area contributed by atoms with Crippen molar-refractivity contribution < 1.29 is 4.79 Å². The molecule has 3 aromatic rings. The molecule has 2 aromatic carbocycles. The molecule has 0 unspecified atom stereocenters. The molecule has 8 heteroatoms. The Kier molecular flexibility index (Phi) is 6.63. The number of fused-ring (bicyclic) bond motifs is 1. The summed E-state index contributed by atoms with van der Waals surface area (Å²) in [6.07, 6.45) is 9.20. The normalized spacial score (nSPS) is 28.0. The van der Waals surface area contributed by atoms with Crippen LogP contribution in [0.3, 0.4) is 0 Å². The molecule has 9 rings (SSSR count). The summed E-state index contributed by atoms with van der Waals surface area (Å²) in [4.78, 5) is 33.8. The number of nitrogens with zero attached hydrogens (tertiary/aromatic N) is 6. The summed E-state index contributed by atoms with van der Waals surface area (Å²) < 4.78 is 0. The number of urea groups is 1. The van der Waals surface area contributed by atoms with Gasteiger partial charge in [-0.05, 0) is 125 Å². The van der Waals surface area contributed by atoms with Crippen LogP contribution >= 0.6 is 0 Å². The van der Waals surface area contributed by atoms with Crippen molar-refractivity contribution in [3.05, 3.63) is 64.8 Å². The maximum atomic E-state index is 14.9. The van der Waals surface area contributed by atoms with Gasteiger partial charge in [-0.3, -0.25) is 9.80 Å². The quantitative estimate of drug-likeness (QED) is 0.352. The average Bonchev–Trinajstić information content (AvgIpc) is 2.99. The first kappa shape index (κ1) is 27.9. The summed E-state index contributed by atoms with van der Waals surface area (Å²) >= 11 is 0. The van der Waals surface area contributed by atoms with Crippen molar-refractivity contribution in [3.8, 4) is 0 Å². The predicted molar refractivity (Wildman–Crippen MR) is 177 cm³/mol. The van der Waals surface area contributed by atoms with Crippen LogP contribution in [0.25, 0.3) is 0 Å². The number of hydrogen-bond donors (Lipinski definition) is 1. The van der Waals surface area contributed by atoms with E-state index in [-0.39, 0.29) is 11.6 Å². The molecule has 0 spiro atoms. The minimum Gasteiger partial charge on any atom is -0.369 e. The van der Waals surface area contributed by atoms with Crippen LogP contribution in [-0.2, 0) is 6.54 Å². The SMILES string of the molecule is Cc1ccc(C)c(N2Cc3cnc(Nc4ccc(N5CCN(C)CC5)cc4)nc3N(C34CC5CC(CC(C5)C3)C4)C2=O)c1C. The molecule has 4 saturated carbocycles. The smallest absolute Gasteiger partial charge is 0.331 e. The van der Waals surface area contributed by atoms with Gasteiger partial charge in [0.1, 0.15) is 5.82 Å². The molecule has 4 bridgehead atoms. The number of rotatable bonds is 5. The number of likely N-dealkylation sites (N-methyl/N-ethyl adjacent to an activating group) is 1. The predicted octanol–water partition coefficient (Wildman–Crippen LogP) is 6.81. The number of nitrogens with one attached hydrogen (secondary N) is 1. The van der Waals surface area contributed by atoms with Crippen molar-refractivity contribution in [1.82, 2.24) is 14.9 Å². The van der Waals surface area contributed by atoms with Crippen molar-refractivity contribution in [2.24, 2.45) is 17.8 Å². The van der Waals surface area contributed by atoms with Crippen LogP contribution in [0.2, 0.25) is 0 Å². The van der Waals surface area contributed by atoms with Gasteiger partial charge >= 0.3 is 6.03 Å². The number of carbonyl (C=O) groups is 1. The maximum absolute atomic E-state index is 14.9. The van der Waals surface area contributed by atoms with E-state index in [1.165, 1.54) is 36.1 Å². The highest BCUT2D eigenvalue weighted by Gasteiger charge is 2.57. The Hall–Kier alpha value is -3.65. The minimum atomic E-state index is -0.166. The number of amides is 2. The molecule has 0 atom stereocenters. The first-order valence-corrected chi connectivity index (χ1v) is 16.6. The van der Waals surface area contributed by atoms with Crippen molar-refractivity contribution in [2.75, 3.05) is 53.2 Å². The standard InChI is InChI=1S/C36H45N7O/c1-23-5-6-24(2)32(25(23)3)42-22-29-21-37-34(38-30-7-9-31(10-8-30)41-13-11-40(4)12-14-41)39-33(29)43(35(42)44)36-18-26-15-27(19-36)17-28(16-26)20-36/h5-10,21,26-28H,11-20,22H2,1-4H3,(H,37,38,39). The van der Waals surface area contributed by atoms with Gasteiger partial charge in [0.05, 0.1) is 17.8 Å². The third kappa shape index (κ3) is 4.64. The van der Waals surface area contributed by atoms with E-state index in [2.05, 4.69) is 84.2 Å². The largest absolute Gasteiger partial charge is 0.369 e. The third-order valence-corrected chi connectivity index (χ3v) is 11.4.